The Bertz CT molecular complexity index is 347. The van der Waals surface area contributed by atoms with E-state index in [0.29, 0.717) is 16.7 Å². The molecule has 0 fully saturated rings. The number of nitrogens with zero attached hydrogens (tertiary/aromatic N) is 1. The van der Waals surface area contributed by atoms with Crippen molar-refractivity contribution in [3.05, 3.63) is 6.07 Å². The third kappa shape index (κ3) is 2.92. The minimum atomic E-state index is -0.00231. The Labute approximate surface area is 92.9 Å². The number of carbonyl (C=O) groups is 1. The minimum Gasteiger partial charge on any atom is -0.494 e. The summed E-state index contributed by atoms with van der Waals surface area (Å²) in [5, 5.41) is 19.6. The van der Waals surface area contributed by atoms with Crippen LogP contribution in [0.2, 0.25) is 0 Å². The van der Waals surface area contributed by atoms with Gasteiger partial charge in [-0.25, -0.2) is 0 Å². The Hall–Kier alpha value is -1.10. The van der Waals surface area contributed by atoms with Crippen molar-refractivity contribution in [3.63, 3.8) is 0 Å². The predicted octanol–water partition coefficient (Wildman–Crippen LogP) is 1.99. The number of hydrogen-bond donors (Lipinski definition) is 2. The molecule has 0 spiro atoms. The molecule has 15 heavy (non-hydrogen) atoms. The van der Waals surface area contributed by atoms with Crippen molar-refractivity contribution in [1.82, 2.24) is 4.57 Å². The van der Waals surface area contributed by atoms with Crippen LogP contribution in [0.4, 0.5) is 0 Å². The average molecular weight is 229 g/mol. The van der Waals surface area contributed by atoms with Gasteiger partial charge in [0.2, 0.25) is 5.88 Å². The van der Waals surface area contributed by atoms with Crippen molar-refractivity contribution in [2.45, 2.75) is 37.0 Å². The highest BCUT2D eigenvalue weighted by Gasteiger charge is 2.14. The van der Waals surface area contributed by atoms with Crippen LogP contribution in [0.25, 0.3) is 0 Å². The van der Waals surface area contributed by atoms with Gasteiger partial charge in [0.1, 0.15) is 6.29 Å². The second-order valence-corrected chi connectivity index (χ2v) is 5.08. The van der Waals surface area contributed by atoms with Crippen molar-refractivity contribution >= 4 is 18.0 Å². The standard InChI is InChI=1S/C10H15NO3S/c1-7(2)15-8-6-9(13)11(10(8)14)4-3-5-12/h5-7,13-14H,3-4H2,1-2H3. The van der Waals surface area contributed by atoms with E-state index in [1.54, 1.807) is 0 Å². The number of rotatable bonds is 5. The van der Waals surface area contributed by atoms with E-state index in [1.807, 2.05) is 13.8 Å². The van der Waals surface area contributed by atoms with Gasteiger partial charge in [0.05, 0.1) is 4.90 Å². The summed E-state index contributed by atoms with van der Waals surface area (Å²) in [6, 6.07) is 1.52. The van der Waals surface area contributed by atoms with Crippen LogP contribution in [0.15, 0.2) is 11.0 Å². The van der Waals surface area contributed by atoms with Crippen LogP contribution in [0.5, 0.6) is 11.8 Å². The summed E-state index contributed by atoms with van der Waals surface area (Å²) in [4.78, 5) is 10.9. The summed E-state index contributed by atoms with van der Waals surface area (Å²) < 4.78 is 1.33. The molecule has 1 heterocycles. The average Bonchev–Trinajstić information content (AvgIpc) is 2.39. The maximum atomic E-state index is 10.2. The lowest BCUT2D eigenvalue weighted by Gasteiger charge is -2.05. The van der Waals surface area contributed by atoms with Gasteiger partial charge in [0.15, 0.2) is 5.88 Å². The number of aldehydes is 1. The lowest BCUT2D eigenvalue weighted by molar-refractivity contribution is -0.108. The summed E-state index contributed by atoms with van der Waals surface area (Å²) in [6.45, 7) is 4.31. The van der Waals surface area contributed by atoms with Crippen LogP contribution in [-0.4, -0.2) is 26.3 Å². The van der Waals surface area contributed by atoms with Gasteiger partial charge in [-0.05, 0) is 0 Å². The van der Waals surface area contributed by atoms with Gasteiger partial charge >= 0.3 is 0 Å². The minimum absolute atomic E-state index is 0.00231. The third-order valence-corrected chi connectivity index (χ3v) is 2.87. The van der Waals surface area contributed by atoms with Gasteiger partial charge in [0.25, 0.3) is 0 Å². The SMILES string of the molecule is CC(C)Sc1cc(O)n(CCC=O)c1O. The van der Waals surface area contributed by atoms with E-state index >= 15 is 0 Å². The van der Waals surface area contributed by atoms with Crippen LogP contribution in [0, 0.1) is 0 Å². The van der Waals surface area contributed by atoms with E-state index in [1.165, 1.54) is 22.4 Å². The Morgan fingerprint density at radius 1 is 1.53 bits per heavy atom. The molecule has 1 aromatic rings. The Kier molecular flexibility index (Phi) is 4.08. The van der Waals surface area contributed by atoms with Gasteiger partial charge < -0.3 is 15.0 Å². The maximum absolute atomic E-state index is 10.2. The molecule has 84 valence electrons. The normalized spacial score (nSPS) is 10.9. The van der Waals surface area contributed by atoms with Crippen LogP contribution in [0.3, 0.4) is 0 Å². The summed E-state index contributed by atoms with van der Waals surface area (Å²) in [5.41, 5.74) is 0. The first-order valence-electron chi connectivity index (χ1n) is 4.78. The second kappa shape index (κ2) is 5.11. The molecule has 0 atom stereocenters. The molecule has 1 aromatic heterocycles. The third-order valence-electron chi connectivity index (χ3n) is 1.85. The summed E-state index contributed by atoms with van der Waals surface area (Å²) >= 11 is 1.47. The number of aromatic hydroxyl groups is 2. The molecule has 0 amide bonds. The molecule has 4 nitrogen and oxygen atoms in total. The summed E-state index contributed by atoms with van der Waals surface area (Å²) in [6.07, 6.45) is 1.04. The molecule has 1 rings (SSSR count). The number of hydrogen-bond acceptors (Lipinski definition) is 4. The summed E-state index contributed by atoms with van der Waals surface area (Å²) in [5.74, 6) is 0.0329. The highest BCUT2D eigenvalue weighted by Crippen LogP contribution is 2.37. The predicted molar refractivity (Wildman–Crippen MR) is 59.4 cm³/mol. The molecule has 0 unspecified atom stereocenters. The van der Waals surface area contributed by atoms with Gasteiger partial charge in [0, 0.05) is 24.3 Å². The van der Waals surface area contributed by atoms with Gasteiger partial charge in [-0.15, -0.1) is 11.8 Å². The van der Waals surface area contributed by atoms with E-state index in [-0.39, 0.29) is 18.2 Å². The fraction of sp³-hybridized carbons (Fsp3) is 0.500. The highest BCUT2D eigenvalue weighted by atomic mass is 32.2. The van der Waals surface area contributed by atoms with Crippen molar-refractivity contribution in [3.8, 4) is 11.8 Å². The Balaban J connectivity index is 2.87. The number of thioether (sulfide) groups is 1. The first-order chi connectivity index (χ1) is 7.06. The van der Waals surface area contributed by atoms with Crippen LogP contribution in [0.1, 0.15) is 20.3 Å². The Morgan fingerprint density at radius 3 is 2.73 bits per heavy atom. The van der Waals surface area contributed by atoms with E-state index in [4.69, 9.17) is 0 Å². The molecule has 0 saturated heterocycles. The monoisotopic (exact) mass is 229 g/mol. The van der Waals surface area contributed by atoms with Gasteiger partial charge in [-0.1, -0.05) is 13.8 Å². The molecular formula is C10H15NO3S. The van der Waals surface area contributed by atoms with E-state index in [9.17, 15) is 15.0 Å². The molecular weight excluding hydrogens is 214 g/mol. The fourth-order valence-corrected chi connectivity index (χ4v) is 2.14. The molecule has 0 saturated carbocycles. The molecule has 0 aliphatic carbocycles. The van der Waals surface area contributed by atoms with E-state index in [2.05, 4.69) is 0 Å². The lowest BCUT2D eigenvalue weighted by atomic mass is 10.5. The quantitative estimate of drug-likeness (QED) is 0.598. The number of carbonyl (C=O) groups excluding carboxylic acids is 1. The Morgan fingerprint density at radius 2 is 2.20 bits per heavy atom. The van der Waals surface area contributed by atoms with Gasteiger partial charge in [-0.3, -0.25) is 4.57 Å². The molecule has 2 N–H and O–H groups in total. The van der Waals surface area contributed by atoms with Crippen molar-refractivity contribution in [2.75, 3.05) is 0 Å². The highest BCUT2D eigenvalue weighted by molar-refractivity contribution is 8.00. The van der Waals surface area contributed by atoms with Crippen molar-refractivity contribution < 1.29 is 15.0 Å². The van der Waals surface area contributed by atoms with E-state index in [0.717, 1.165) is 6.29 Å². The smallest absolute Gasteiger partial charge is 0.208 e. The molecule has 0 radical (unpaired) electrons. The molecule has 0 aliphatic heterocycles. The fourth-order valence-electron chi connectivity index (χ4n) is 1.24. The zero-order valence-electron chi connectivity index (χ0n) is 8.80. The van der Waals surface area contributed by atoms with Crippen molar-refractivity contribution in [1.29, 1.82) is 0 Å². The lowest BCUT2D eigenvalue weighted by Crippen LogP contribution is -1.97. The van der Waals surface area contributed by atoms with Crippen LogP contribution in [-0.2, 0) is 11.3 Å². The van der Waals surface area contributed by atoms with E-state index < -0.39 is 0 Å². The zero-order chi connectivity index (χ0) is 11.4. The first kappa shape index (κ1) is 12.0. The molecule has 5 heteroatoms. The largest absolute Gasteiger partial charge is 0.494 e. The molecule has 0 bridgehead atoms. The first-order valence-corrected chi connectivity index (χ1v) is 5.66. The molecule has 0 aromatic carbocycles. The maximum Gasteiger partial charge on any atom is 0.208 e. The topological polar surface area (TPSA) is 62.5 Å². The summed E-state index contributed by atoms with van der Waals surface area (Å²) in [7, 11) is 0. The van der Waals surface area contributed by atoms with Gasteiger partial charge in [-0.2, -0.15) is 0 Å². The zero-order valence-corrected chi connectivity index (χ0v) is 9.62. The van der Waals surface area contributed by atoms with Crippen LogP contribution < -0.4 is 0 Å². The number of aromatic nitrogens is 1. The van der Waals surface area contributed by atoms with Crippen molar-refractivity contribution in [2.24, 2.45) is 0 Å². The molecule has 0 aliphatic rings. The van der Waals surface area contributed by atoms with Crippen LogP contribution >= 0.6 is 11.8 Å². The second-order valence-electron chi connectivity index (χ2n) is 3.46.